The van der Waals surface area contributed by atoms with E-state index in [1.165, 1.54) is 28.9 Å². The van der Waals surface area contributed by atoms with Crippen LogP contribution in [-0.2, 0) is 6.54 Å². The van der Waals surface area contributed by atoms with Gasteiger partial charge in [-0.25, -0.2) is 9.37 Å². The first kappa shape index (κ1) is 16.7. The molecule has 0 spiro atoms. The van der Waals surface area contributed by atoms with Crippen molar-refractivity contribution in [3.05, 3.63) is 83.8 Å². The molecule has 2 N–H and O–H groups in total. The van der Waals surface area contributed by atoms with Gasteiger partial charge in [0.15, 0.2) is 5.65 Å². The Bertz CT molecular complexity index is 1110. The molecule has 0 fully saturated rings. The molecule has 0 aliphatic carbocycles. The maximum Gasteiger partial charge on any atom is 0.257 e. The largest absolute Gasteiger partial charge is 0.493 e. The van der Waals surface area contributed by atoms with Gasteiger partial charge in [-0.2, -0.15) is 9.61 Å². The zero-order valence-corrected chi connectivity index (χ0v) is 14.1. The number of halogens is 1. The molecule has 4 rings (SSSR count). The highest BCUT2D eigenvalue weighted by molar-refractivity contribution is 5.99. The van der Waals surface area contributed by atoms with Gasteiger partial charge in [-0.15, -0.1) is 0 Å². The number of fused-ring (bicyclic) bond motifs is 1. The minimum Gasteiger partial charge on any atom is -0.493 e. The molecular formula is C20H15FN4O2. The third kappa shape index (κ3) is 3.35. The van der Waals surface area contributed by atoms with E-state index in [4.69, 9.17) is 0 Å². The van der Waals surface area contributed by atoms with Gasteiger partial charge >= 0.3 is 0 Å². The number of aromatic hydroxyl groups is 1. The molecule has 134 valence electrons. The van der Waals surface area contributed by atoms with Gasteiger partial charge in [0.25, 0.3) is 5.91 Å². The summed E-state index contributed by atoms with van der Waals surface area (Å²) in [7, 11) is 0. The first-order valence-corrected chi connectivity index (χ1v) is 8.27. The lowest BCUT2D eigenvalue weighted by atomic mass is 10.1. The minimum absolute atomic E-state index is 0.165. The summed E-state index contributed by atoms with van der Waals surface area (Å²) in [5.74, 6) is -0.882. The first-order chi connectivity index (χ1) is 13.1. The lowest BCUT2D eigenvalue weighted by Gasteiger charge is -2.06. The molecule has 0 atom stereocenters. The number of benzene rings is 2. The van der Waals surface area contributed by atoms with E-state index in [9.17, 15) is 14.3 Å². The Morgan fingerprint density at radius 3 is 2.59 bits per heavy atom. The molecule has 0 bridgehead atoms. The molecule has 0 aliphatic heterocycles. The molecule has 0 saturated carbocycles. The topological polar surface area (TPSA) is 79.5 Å². The fraction of sp³-hybridized carbons (Fsp3) is 0.0500. The molecule has 6 nitrogen and oxygen atoms in total. The number of nitrogens with zero attached hydrogens (tertiary/aromatic N) is 3. The highest BCUT2D eigenvalue weighted by Crippen LogP contribution is 2.24. The predicted octanol–water partition coefficient (Wildman–Crippen LogP) is 3.17. The average Bonchev–Trinajstić information content (AvgIpc) is 3.12. The molecule has 1 amide bonds. The van der Waals surface area contributed by atoms with Crippen LogP contribution in [0.15, 0.2) is 66.9 Å². The van der Waals surface area contributed by atoms with E-state index < -0.39 is 0 Å². The SMILES string of the molecule is O=C(NCc1ccccc1)c1cnn2c(O)cc(-c3ccc(F)cc3)nc12. The summed E-state index contributed by atoms with van der Waals surface area (Å²) >= 11 is 0. The highest BCUT2D eigenvalue weighted by Gasteiger charge is 2.17. The van der Waals surface area contributed by atoms with E-state index in [0.717, 1.165) is 5.56 Å². The Morgan fingerprint density at radius 1 is 1.11 bits per heavy atom. The van der Waals surface area contributed by atoms with Gasteiger partial charge in [0.05, 0.1) is 11.9 Å². The zero-order chi connectivity index (χ0) is 18.8. The van der Waals surface area contributed by atoms with Gasteiger partial charge in [0.1, 0.15) is 11.4 Å². The Labute approximate surface area is 153 Å². The molecule has 2 heterocycles. The molecular weight excluding hydrogens is 347 g/mol. The lowest BCUT2D eigenvalue weighted by molar-refractivity contribution is 0.0952. The smallest absolute Gasteiger partial charge is 0.257 e. The lowest BCUT2D eigenvalue weighted by Crippen LogP contribution is -2.22. The van der Waals surface area contributed by atoms with E-state index in [2.05, 4.69) is 15.4 Å². The second-order valence-corrected chi connectivity index (χ2v) is 5.97. The van der Waals surface area contributed by atoms with Gasteiger partial charge in [-0.1, -0.05) is 30.3 Å². The van der Waals surface area contributed by atoms with Gasteiger partial charge in [-0.3, -0.25) is 4.79 Å². The van der Waals surface area contributed by atoms with Crippen molar-refractivity contribution in [1.82, 2.24) is 19.9 Å². The Balaban J connectivity index is 1.67. The molecule has 0 aliphatic rings. The van der Waals surface area contributed by atoms with Crippen LogP contribution in [0, 0.1) is 5.82 Å². The summed E-state index contributed by atoms with van der Waals surface area (Å²) in [4.78, 5) is 17.0. The molecule has 2 aromatic heterocycles. The van der Waals surface area contributed by atoms with Crippen molar-refractivity contribution in [2.75, 3.05) is 0 Å². The van der Waals surface area contributed by atoms with Crippen molar-refractivity contribution >= 4 is 11.6 Å². The second-order valence-electron chi connectivity index (χ2n) is 5.97. The van der Waals surface area contributed by atoms with E-state index in [0.29, 0.717) is 17.8 Å². The number of hydrogen-bond donors (Lipinski definition) is 2. The van der Waals surface area contributed by atoms with Crippen LogP contribution in [0.25, 0.3) is 16.9 Å². The second kappa shape index (κ2) is 6.87. The van der Waals surface area contributed by atoms with Crippen molar-refractivity contribution in [3.8, 4) is 17.1 Å². The number of hydrogen-bond acceptors (Lipinski definition) is 4. The maximum absolute atomic E-state index is 13.1. The minimum atomic E-state index is -0.366. The van der Waals surface area contributed by atoms with Crippen molar-refractivity contribution in [3.63, 3.8) is 0 Å². The molecule has 0 radical (unpaired) electrons. The monoisotopic (exact) mass is 362 g/mol. The van der Waals surface area contributed by atoms with Crippen LogP contribution in [-0.4, -0.2) is 25.6 Å². The molecule has 7 heteroatoms. The Morgan fingerprint density at radius 2 is 1.85 bits per heavy atom. The quantitative estimate of drug-likeness (QED) is 0.584. The molecule has 4 aromatic rings. The zero-order valence-electron chi connectivity index (χ0n) is 14.1. The van der Waals surface area contributed by atoms with Crippen molar-refractivity contribution in [2.45, 2.75) is 6.54 Å². The normalized spacial score (nSPS) is 10.9. The number of amides is 1. The van der Waals surface area contributed by atoms with Gasteiger partial charge in [0, 0.05) is 18.2 Å². The van der Waals surface area contributed by atoms with Crippen LogP contribution in [0.4, 0.5) is 4.39 Å². The molecule has 0 unspecified atom stereocenters. The fourth-order valence-corrected chi connectivity index (χ4v) is 2.75. The molecule has 0 saturated heterocycles. The van der Waals surface area contributed by atoms with Gasteiger partial charge < -0.3 is 10.4 Å². The van der Waals surface area contributed by atoms with E-state index >= 15 is 0 Å². The number of carbonyl (C=O) groups is 1. The maximum atomic E-state index is 13.1. The molecule has 27 heavy (non-hydrogen) atoms. The third-order valence-electron chi connectivity index (χ3n) is 4.13. The summed E-state index contributed by atoms with van der Waals surface area (Å²) in [6, 6.07) is 16.7. The predicted molar refractivity (Wildman–Crippen MR) is 97.7 cm³/mol. The summed E-state index contributed by atoms with van der Waals surface area (Å²) in [5, 5.41) is 17.1. The fourth-order valence-electron chi connectivity index (χ4n) is 2.75. The number of aromatic nitrogens is 3. The molecule has 2 aromatic carbocycles. The Hall–Kier alpha value is -3.74. The van der Waals surface area contributed by atoms with Crippen LogP contribution in [0.5, 0.6) is 5.88 Å². The number of nitrogens with one attached hydrogen (secondary N) is 1. The standard InChI is InChI=1S/C20H15FN4O2/c21-15-8-6-14(7-9-15)17-10-18(26)25-19(24-17)16(12-23-25)20(27)22-11-13-4-2-1-3-5-13/h1-10,12,26H,11H2,(H,22,27). The van der Waals surface area contributed by atoms with Gasteiger partial charge in [0.2, 0.25) is 5.88 Å². The van der Waals surface area contributed by atoms with Gasteiger partial charge in [-0.05, 0) is 29.8 Å². The Kier molecular flexibility index (Phi) is 4.25. The van der Waals surface area contributed by atoms with Crippen LogP contribution < -0.4 is 5.32 Å². The van der Waals surface area contributed by atoms with E-state index in [1.807, 2.05) is 30.3 Å². The van der Waals surface area contributed by atoms with E-state index in [-0.39, 0.29) is 28.8 Å². The van der Waals surface area contributed by atoms with Crippen molar-refractivity contribution < 1.29 is 14.3 Å². The number of carbonyl (C=O) groups excluding carboxylic acids is 1. The van der Waals surface area contributed by atoms with Crippen LogP contribution in [0.2, 0.25) is 0 Å². The summed E-state index contributed by atoms with van der Waals surface area (Å²) in [6.07, 6.45) is 1.36. The summed E-state index contributed by atoms with van der Waals surface area (Å²) in [5.41, 5.74) is 2.46. The van der Waals surface area contributed by atoms with Crippen LogP contribution in [0.1, 0.15) is 15.9 Å². The van der Waals surface area contributed by atoms with Crippen LogP contribution in [0.3, 0.4) is 0 Å². The average molecular weight is 362 g/mol. The van der Waals surface area contributed by atoms with Crippen molar-refractivity contribution in [1.29, 1.82) is 0 Å². The van der Waals surface area contributed by atoms with E-state index in [1.54, 1.807) is 12.1 Å². The number of rotatable bonds is 4. The van der Waals surface area contributed by atoms with Crippen molar-refractivity contribution in [2.24, 2.45) is 0 Å². The first-order valence-electron chi connectivity index (χ1n) is 8.27. The highest BCUT2D eigenvalue weighted by atomic mass is 19.1. The summed E-state index contributed by atoms with van der Waals surface area (Å²) < 4.78 is 14.3. The van der Waals surface area contributed by atoms with Crippen LogP contribution >= 0.6 is 0 Å². The third-order valence-corrected chi connectivity index (χ3v) is 4.13. The summed E-state index contributed by atoms with van der Waals surface area (Å²) in [6.45, 7) is 0.362.